The molecule has 5 nitrogen and oxygen atoms in total. The van der Waals surface area contributed by atoms with Crippen molar-refractivity contribution < 1.29 is 4.39 Å². The largest absolute Gasteiger partial charge is 0.365 e. The molecular formula is C12H10FN5. The second kappa shape index (κ2) is 4.40. The number of rotatable bonds is 3. The molecule has 2 aromatic heterocycles. The Bertz CT molecular complexity index is 679. The molecule has 3 aromatic rings. The molecule has 0 aliphatic rings. The van der Waals surface area contributed by atoms with Gasteiger partial charge >= 0.3 is 0 Å². The predicted molar refractivity (Wildman–Crippen MR) is 65.4 cm³/mol. The Morgan fingerprint density at radius 2 is 2.11 bits per heavy atom. The van der Waals surface area contributed by atoms with E-state index in [1.54, 1.807) is 24.4 Å². The van der Waals surface area contributed by atoms with Gasteiger partial charge in [0.2, 0.25) is 0 Å². The summed E-state index contributed by atoms with van der Waals surface area (Å²) in [6, 6.07) is 6.63. The highest BCUT2D eigenvalue weighted by atomic mass is 19.1. The summed E-state index contributed by atoms with van der Waals surface area (Å²) in [6.45, 7) is 0.365. The van der Waals surface area contributed by atoms with Gasteiger partial charge in [-0.05, 0) is 6.07 Å². The van der Waals surface area contributed by atoms with Gasteiger partial charge in [-0.2, -0.15) is 5.10 Å². The standard InChI is InChI=1S/C12H10FN5/c13-10-4-2-1-3-8(10)5-14-11-9-6-17-18-12(9)16-7-15-11/h1-4,6-7H,5H2,(H2,14,15,16,17,18). The number of hydrogen-bond donors (Lipinski definition) is 2. The molecule has 0 unspecified atom stereocenters. The summed E-state index contributed by atoms with van der Waals surface area (Å²) in [7, 11) is 0. The van der Waals surface area contributed by atoms with Crippen LogP contribution in [0.2, 0.25) is 0 Å². The normalized spacial score (nSPS) is 10.7. The van der Waals surface area contributed by atoms with Crippen molar-refractivity contribution in [2.75, 3.05) is 5.32 Å². The van der Waals surface area contributed by atoms with Crippen molar-refractivity contribution in [2.24, 2.45) is 0 Å². The number of halogens is 1. The Kier molecular flexibility index (Phi) is 2.60. The van der Waals surface area contributed by atoms with E-state index in [1.165, 1.54) is 12.4 Å². The number of nitrogens with one attached hydrogen (secondary N) is 2. The van der Waals surface area contributed by atoms with Crippen LogP contribution in [-0.2, 0) is 6.54 Å². The quantitative estimate of drug-likeness (QED) is 0.739. The van der Waals surface area contributed by atoms with Gasteiger partial charge in [0.15, 0.2) is 5.65 Å². The van der Waals surface area contributed by atoms with Crippen LogP contribution >= 0.6 is 0 Å². The van der Waals surface area contributed by atoms with Crippen molar-refractivity contribution in [1.29, 1.82) is 0 Å². The lowest BCUT2D eigenvalue weighted by Gasteiger charge is -2.06. The summed E-state index contributed by atoms with van der Waals surface area (Å²) < 4.78 is 13.5. The van der Waals surface area contributed by atoms with Gasteiger partial charge in [-0.1, -0.05) is 18.2 Å². The van der Waals surface area contributed by atoms with Gasteiger partial charge in [0, 0.05) is 12.1 Å². The molecule has 0 saturated carbocycles. The van der Waals surface area contributed by atoms with E-state index < -0.39 is 0 Å². The van der Waals surface area contributed by atoms with E-state index >= 15 is 0 Å². The number of anilines is 1. The van der Waals surface area contributed by atoms with Crippen molar-refractivity contribution in [1.82, 2.24) is 20.2 Å². The first kappa shape index (κ1) is 10.6. The van der Waals surface area contributed by atoms with E-state index in [-0.39, 0.29) is 5.82 Å². The lowest BCUT2D eigenvalue weighted by atomic mass is 10.2. The van der Waals surface area contributed by atoms with Gasteiger partial charge in [-0.15, -0.1) is 0 Å². The van der Waals surface area contributed by atoms with E-state index in [0.29, 0.717) is 23.6 Å². The smallest absolute Gasteiger partial charge is 0.160 e. The second-order valence-electron chi connectivity index (χ2n) is 3.80. The fraction of sp³-hybridized carbons (Fsp3) is 0.0833. The van der Waals surface area contributed by atoms with Crippen molar-refractivity contribution in [2.45, 2.75) is 6.54 Å². The second-order valence-corrected chi connectivity index (χ2v) is 3.80. The van der Waals surface area contributed by atoms with Gasteiger partial charge < -0.3 is 5.32 Å². The highest BCUT2D eigenvalue weighted by Gasteiger charge is 2.06. The minimum atomic E-state index is -0.234. The van der Waals surface area contributed by atoms with Gasteiger partial charge in [0.25, 0.3) is 0 Å². The topological polar surface area (TPSA) is 66.5 Å². The molecule has 0 atom stereocenters. The van der Waals surface area contributed by atoms with Crippen LogP contribution in [0.15, 0.2) is 36.8 Å². The Morgan fingerprint density at radius 3 is 3.00 bits per heavy atom. The molecule has 0 bridgehead atoms. The molecule has 6 heteroatoms. The molecule has 18 heavy (non-hydrogen) atoms. The molecule has 2 heterocycles. The van der Waals surface area contributed by atoms with Crippen LogP contribution in [0.4, 0.5) is 10.2 Å². The molecule has 0 radical (unpaired) electrons. The number of nitrogens with zero attached hydrogens (tertiary/aromatic N) is 3. The van der Waals surface area contributed by atoms with Crippen LogP contribution in [-0.4, -0.2) is 20.2 Å². The first-order valence-electron chi connectivity index (χ1n) is 5.46. The maximum Gasteiger partial charge on any atom is 0.160 e. The van der Waals surface area contributed by atoms with Crippen molar-refractivity contribution >= 4 is 16.9 Å². The van der Waals surface area contributed by atoms with Gasteiger partial charge in [-0.25, -0.2) is 14.4 Å². The molecule has 90 valence electrons. The fourth-order valence-corrected chi connectivity index (χ4v) is 1.73. The molecule has 0 amide bonds. The minimum absolute atomic E-state index is 0.234. The van der Waals surface area contributed by atoms with Crippen molar-refractivity contribution in [3.63, 3.8) is 0 Å². The third kappa shape index (κ3) is 1.88. The van der Waals surface area contributed by atoms with Crippen molar-refractivity contribution in [3.05, 3.63) is 48.2 Å². The first-order valence-corrected chi connectivity index (χ1v) is 5.46. The Labute approximate surface area is 102 Å². The number of hydrogen-bond acceptors (Lipinski definition) is 4. The summed E-state index contributed by atoms with van der Waals surface area (Å²) in [4.78, 5) is 8.15. The summed E-state index contributed by atoms with van der Waals surface area (Å²) >= 11 is 0. The first-order chi connectivity index (χ1) is 8.84. The molecule has 3 rings (SSSR count). The average Bonchev–Trinajstić information content (AvgIpc) is 2.86. The van der Waals surface area contributed by atoms with Crippen LogP contribution in [0, 0.1) is 5.82 Å². The lowest BCUT2D eigenvalue weighted by molar-refractivity contribution is 0.613. The molecule has 0 aliphatic heterocycles. The van der Waals surface area contributed by atoms with E-state index in [1.807, 2.05) is 0 Å². The SMILES string of the molecule is Fc1ccccc1CNc1ncnc2[nH]ncc12. The molecule has 0 aliphatic carbocycles. The molecule has 0 fully saturated rings. The summed E-state index contributed by atoms with van der Waals surface area (Å²) in [6.07, 6.45) is 3.07. The number of aromatic nitrogens is 4. The van der Waals surface area contributed by atoms with Gasteiger partial charge in [0.05, 0.1) is 11.6 Å². The Balaban J connectivity index is 1.85. The highest BCUT2D eigenvalue weighted by molar-refractivity contribution is 5.85. The average molecular weight is 243 g/mol. The van der Waals surface area contributed by atoms with Crippen LogP contribution in [0.1, 0.15) is 5.56 Å². The van der Waals surface area contributed by atoms with Gasteiger partial charge in [-0.3, -0.25) is 5.10 Å². The maximum atomic E-state index is 13.5. The Hall–Kier alpha value is -2.50. The van der Waals surface area contributed by atoms with Gasteiger partial charge in [0.1, 0.15) is 18.0 Å². The summed E-state index contributed by atoms with van der Waals surface area (Å²) in [5.41, 5.74) is 1.24. The molecular weight excluding hydrogens is 233 g/mol. The third-order valence-corrected chi connectivity index (χ3v) is 2.65. The zero-order valence-electron chi connectivity index (χ0n) is 9.39. The molecule has 0 spiro atoms. The predicted octanol–water partition coefficient (Wildman–Crippen LogP) is 2.10. The number of benzene rings is 1. The van der Waals surface area contributed by atoms with Crippen molar-refractivity contribution in [3.8, 4) is 0 Å². The van der Waals surface area contributed by atoms with E-state index in [9.17, 15) is 4.39 Å². The molecule has 1 aromatic carbocycles. The zero-order chi connectivity index (χ0) is 12.4. The zero-order valence-corrected chi connectivity index (χ0v) is 9.39. The van der Waals surface area contributed by atoms with E-state index in [0.717, 1.165) is 5.39 Å². The fourth-order valence-electron chi connectivity index (χ4n) is 1.73. The third-order valence-electron chi connectivity index (χ3n) is 2.65. The summed E-state index contributed by atoms with van der Waals surface area (Å²) in [5, 5.41) is 10.5. The number of fused-ring (bicyclic) bond motifs is 1. The molecule has 2 N–H and O–H groups in total. The minimum Gasteiger partial charge on any atom is -0.365 e. The van der Waals surface area contributed by atoms with Crippen LogP contribution in [0.3, 0.4) is 0 Å². The van der Waals surface area contributed by atoms with E-state index in [2.05, 4.69) is 25.5 Å². The maximum absolute atomic E-state index is 13.5. The molecule has 0 saturated heterocycles. The lowest BCUT2D eigenvalue weighted by Crippen LogP contribution is -2.03. The number of aromatic amines is 1. The van der Waals surface area contributed by atoms with Crippen LogP contribution in [0.5, 0.6) is 0 Å². The number of H-pyrrole nitrogens is 1. The highest BCUT2D eigenvalue weighted by Crippen LogP contribution is 2.17. The monoisotopic (exact) mass is 243 g/mol. The summed E-state index contributed by atoms with van der Waals surface area (Å²) in [5.74, 6) is 0.402. The van der Waals surface area contributed by atoms with Crippen LogP contribution < -0.4 is 5.32 Å². The van der Waals surface area contributed by atoms with E-state index in [4.69, 9.17) is 0 Å². The Morgan fingerprint density at radius 1 is 1.22 bits per heavy atom. The van der Waals surface area contributed by atoms with Crippen LogP contribution in [0.25, 0.3) is 11.0 Å².